The van der Waals surface area contributed by atoms with Gasteiger partial charge in [-0.2, -0.15) is 0 Å². The molecule has 38 heavy (non-hydrogen) atoms. The number of nitrogens with one attached hydrogen (secondary N) is 2. The second-order valence-electron chi connectivity index (χ2n) is 10.4. The Hall–Kier alpha value is -3.82. The minimum atomic E-state index is -0.788. The van der Waals surface area contributed by atoms with Gasteiger partial charge >= 0.3 is 12.2 Å². The molecule has 0 spiro atoms. The molecular weight excluding hydrogens is 488 g/mol. The fourth-order valence-corrected chi connectivity index (χ4v) is 3.43. The molecule has 4 amide bonds. The minimum Gasteiger partial charge on any atom is -0.448 e. The average molecular weight is 531 g/mol. The van der Waals surface area contributed by atoms with Crippen LogP contribution in [-0.2, 0) is 30.1 Å². The highest BCUT2D eigenvalue weighted by Crippen LogP contribution is 2.27. The van der Waals surface area contributed by atoms with Gasteiger partial charge in [0, 0.05) is 25.2 Å². The van der Waals surface area contributed by atoms with E-state index in [1.165, 1.54) is 9.80 Å². The maximum absolute atomic E-state index is 12.4. The molecule has 0 atom stereocenters. The summed E-state index contributed by atoms with van der Waals surface area (Å²) >= 11 is 0. The van der Waals surface area contributed by atoms with E-state index in [-0.39, 0.29) is 38.1 Å². The summed E-state index contributed by atoms with van der Waals surface area (Å²) in [4.78, 5) is 51.4. The van der Waals surface area contributed by atoms with E-state index in [1.54, 1.807) is 27.9 Å². The van der Waals surface area contributed by atoms with Crippen LogP contribution in [0.3, 0.4) is 0 Å². The summed E-state index contributed by atoms with van der Waals surface area (Å²) in [6.07, 6.45) is -1.24. The number of likely N-dealkylation sites (N-methyl/N-ethyl adjacent to an activating group) is 2. The number of nitrogens with zero attached hydrogens (tertiary/aromatic N) is 2. The summed E-state index contributed by atoms with van der Waals surface area (Å²) in [6.45, 7) is 18.4. The number of alkyl carbamates (subject to hydrolysis) is 2. The van der Waals surface area contributed by atoms with Crippen LogP contribution < -0.4 is 10.6 Å². The molecule has 1 aromatic rings. The highest BCUT2D eigenvalue weighted by Gasteiger charge is 2.28. The number of hydrogen-bond donors (Lipinski definition) is 2. The fourth-order valence-electron chi connectivity index (χ4n) is 3.43. The Morgan fingerprint density at radius 2 is 1.11 bits per heavy atom. The van der Waals surface area contributed by atoms with Crippen LogP contribution in [0.1, 0.15) is 52.7 Å². The van der Waals surface area contributed by atoms with Crippen LogP contribution in [0.15, 0.2) is 48.6 Å². The van der Waals surface area contributed by atoms with Crippen molar-refractivity contribution < 1.29 is 28.7 Å². The summed E-state index contributed by atoms with van der Waals surface area (Å²) < 4.78 is 10.5. The van der Waals surface area contributed by atoms with E-state index in [4.69, 9.17) is 9.47 Å². The number of rotatable bonds is 12. The molecule has 2 N–H and O–H groups in total. The predicted molar refractivity (Wildman–Crippen MR) is 146 cm³/mol. The van der Waals surface area contributed by atoms with Crippen molar-refractivity contribution in [2.24, 2.45) is 0 Å². The topological polar surface area (TPSA) is 117 Å². The van der Waals surface area contributed by atoms with Crippen LogP contribution in [0.2, 0.25) is 0 Å². The lowest BCUT2D eigenvalue weighted by molar-refractivity contribution is -0.126. The Morgan fingerprint density at radius 3 is 1.42 bits per heavy atom. The van der Waals surface area contributed by atoms with Crippen molar-refractivity contribution in [3.05, 3.63) is 59.7 Å². The first kappa shape index (κ1) is 32.2. The number of carbonyl (C=O) groups is 4. The van der Waals surface area contributed by atoms with Gasteiger partial charge in [-0.3, -0.25) is 9.59 Å². The van der Waals surface area contributed by atoms with Crippen molar-refractivity contribution in [2.45, 2.75) is 52.6 Å². The first-order valence-corrected chi connectivity index (χ1v) is 12.3. The molecule has 0 unspecified atom stereocenters. The highest BCUT2D eigenvalue weighted by atomic mass is 16.6. The van der Waals surface area contributed by atoms with E-state index in [2.05, 4.69) is 23.8 Å². The monoisotopic (exact) mass is 530 g/mol. The molecule has 0 bridgehead atoms. The maximum Gasteiger partial charge on any atom is 0.407 e. The molecule has 0 heterocycles. The Balaban J connectivity index is 2.73. The number of hydrogen-bond acceptors (Lipinski definition) is 6. The number of benzene rings is 1. The zero-order chi connectivity index (χ0) is 29.3. The number of ether oxygens (including phenoxy) is 2. The normalized spacial score (nSPS) is 11.2. The molecule has 0 radical (unpaired) electrons. The van der Waals surface area contributed by atoms with Gasteiger partial charge < -0.3 is 29.9 Å². The molecule has 10 nitrogen and oxygen atoms in total. The van der Waals surface area contributed by atoms with Gasteiger partial charge in [0.05, 0.1) is 24.2 Å². The lowest BCUT2D eigenvalue weighted by Crippen LogP contribution is -2.44. The summed E-state index contributed by atoms with van der Waals surface area (Å²) in [6, 6.07) is 7.46. The van der Waals surface area contributed by atoms with Crippen molar-refractivity contribution >= 4 is 24.0 Å². The van der Waals surface area contributed by atoms with Gasteiger partial charge in [-0.1, -0.05) is 37.4 Å². The summed E-state index contributed by atoms with van der Waals surface area (Å²) in [5, 5.41) is 5.68. The molecule has 10 heteroatoms. The zero-order valence-electron chi connectivity index (χ0n) is 23.9. The standard InChI is InChI=1S/C28H42N4O6/c1-19(2)23(33)31(9)14-16-37-25(35)29-27(5,6)21-12-11-13-22(18-21)28(7,8)30-26(36)38-17-15-32(10)24(34)20(3)4/h11-13,18H,1,3,14-17H2,2,4-10H3,(H,29,35)(H,30,36). The van der Waals surface area contributed by atoms with Gasteiger partial charge in [-0.05, 0) is 52.7 Å². The molecule has 0 aliphatic heterocycles. The van der Waals surface area contributed by atoms with Crippen molar-refractivity contribution in [3.63, 3.8) is 0 Å². The molecule has 0 aliphatic rings. The molecule has 0 aromatic heterocycles. The van der Waals surface area contributed by atoms with Crippen LogP contribution in [0.4, 0.5) is 9.59 Å². The van der Waals surface area contributed by atoms with E-state index in [0.29, 0.717) is 11.1 Å². The van der Waals surface area contributed by atoms with Crippen LogP contribution in [0, 0.1) is 0 Å². The Morgan fingerprint density at radius 1 is 0.763 bits per heavy atom. The van der Waals surface area contributed by atoms with E-state index < -0.39 is 23.3 Å². The summed E-state index contributed by atoms with van der Waals surface area (Å²) in [5.74, 6) is -0.423. The van der Waals surface area contributed by atoms with Gasteiger partial charge in [-0.25, -0.2) is 9.59 Å². The molecule has 210 valence electrons. The minimum absolute atomic E-state index is 0.0354. The third-order valence-corrected chi connectivity index (χ3v) is 5.88. The van der Waals surface area contributed by atoms with Gasteiger partial charge in [0.15, 0.2) is 0 Å². The molecule has 0 fully saturated rings. The van der Waals surface area contributed by atoms with Gasteiger partial charge in [-0.15, -0.1) is 0 Å². The van der Waals surface area contributed by atoms with Crippen molar-refractivity contribution in [1.82, 2.24) is 20.4 Å². The summed E-state index contributed by atoms with van der Waals surface area (Å²) in [7, 11) is 3.23. The second-order valence-corrected chi connectivity index (χ2v) is 10.4. The molecule has 1 aromatic carbocycles. The van der Waals surface area contributed by atoms with Crippen molar-refractivity contribution in [2.75, 3.05) is 40.4 Å². The van der Waals surface area contributed by atoms with Gasteiger partial charge in [0.2, 0.25) is 11.8 Å². The lowest BCUT2D eigenvalue weighted by Gasteiger charge is -2.31. The predicted octanol–water partition coefficient (Wildman–Crippen LogP) is 3.68. The van der Waals surface area contributed by atoms with Gasteiger partial charge in [0.25, 0.3) is 0 Å². The maximum atomic E-state index is 12.4. The third kappa shape index (κ3) is 9.91. The zero-order valence-corrected chi connectivity index (χ0v) is 23.9. The van der Waals surface area contributed by atoms with E-state index in [1.807, 2.05) is 52.0 Å². The van der Waals surface area contributed by atoms with E-state index in [9.17, 15) is 19.2 Å². The number of carbonyl (C=O) groups excluding carboxylic acids is 4. The van der Waals surface area contributed by atoms with Crippen molar-refractivity contribution in [3.8, 4) is 0 Å². The molecule has 1 rings (SSSR count). The van der Waals surface area contributed by atoms with E-state index in [0.717, 1.165) is 11.1 Å². The molecule has 0 aliphatic carbocycles. The first-order chi connectivity index (χ1) is 17.5. The SMILES string of the molecule is C=C(C)C(=O)N(C)CCOC(=O)NC(C)(C)c1cccc(C(C)(C)NC(=O)OCCN(C)C(=O)C(=C)C)c1. The van der Waals surface area contributed by atoms with Gasteiger partial charge in [0.1, 0.15) is 13.2 Å². The third-order valence-electron chi connectivity index (χ3n) is 5.88. The molecular formula is C28H42N4O6. The largest absolute Gasteiger partial charge is 0.448 e. The second kappa shape index (κ2) is 13.6. The molecule has 0 saturated carbocycles. The fraction of sp³-hybridized carbons (Fsp3) is 0.500. The van der Waals surface area contributed by atoms with E-state index >= 15 is 0 Å². The average Bonchev–Trinajstić information content (AvgIpc) is 2.82. The Bertz CT molecular complexity index is 984. The summed E-state index contributed by atoms with van der Waals surface area (Å²) in [5.41, 5.74) is 0.833. The number of amides is 4. The Kier molecular flexibility index (Phi) is 11.6. The lowest BCUT2D eigenvalue weighted by atomic mass is 9.87. The first-order valence-electron chi connectivity index (χ1n) is 12.3. The van der Waals surface area contributed by atoms with Crippen LogP contribution in [0.25, 0.3) is 0 Å². The van der Waals surface area contributed by atoms with Crippen LogP contribution in [0.5, 0.6) is 0 Å². The van der Waals surface area contributed by atoms with Crippen LogP contribution >= 0.6 is 0 Å². The van der Waals surface area contributed by atoms with Crippen molar-refractivity contribution in [1.29, 1.82) is 0 Å². The quantitative estimate of drug-likeness (QED) is 0.398. The smallest absolute Gasteiger partial charge is 0.407 e. The van der Waals surface area contributed by atoms with Crippen LogP contribution in [-0.4, -0.2) is 74.2 Å². The Labute approximate surface area is 226 Å². The highest BCUT2D eigenvalue weighted by molar-refractivity contribution is 5.92. The molecule has 0 saturated heterocycles.